The first kappa shape index (κ1) is 19.6. The lowest BCUT2D eigenvalue weighted by Crippen LogP contribution is -2.45. The van der Waals surface area contributed by atoms with Crippen LogP contribution in [0.4, 0.5) is 0 Å². The highest BCUT2D eigenvalue weighted by molar-refractivity contribution is 5.97. The van der Waals surface area contributed by atoms with Gasteiger partial charge in [0.2, 0.25) is 11.8 Å². The van der Waals surface area contributed by atoms with Crippen molar-refractivity contribution in [3.8, 4) is 17.0 Å². The Labute approximate surface area is 174 Å². The molecule has 30 heavy (non-hydrogen) atoms. The SMILES string of the molecule is COC(=O)[C@H](Cc1cccnc1OC)NC(=O)C1c2ccccc2-c2ccccc21. The third kappa shape index (κ3) is 3.52. The molecular weight excluding hydrogens is 380 g/mol. The molecule has 1 aliphatic rings. The molecule has 152 valence electrons. The lowest BCUT2D eigenvalue weighted by atomic mass is 9.95. The van der Waals surface area contributed by atoms with E-state index in [2.05, 4.69) is 10.3 Å². The Bertz CT molecular complexity index is 1050. The number of aromatic nitrogens is 1. The van der Waals surface area contributed by atoms with E-state index in [4.69, 9.17) is 9.47 Å². The van der Waals surface area contributed by atoms with Crippen LogP contribution in [-0.4, -0.2) is 37.1 Å². The van der Waals surface area contributed by atoms with Crippen LogP contribution in [0.2, 0.25) is 0 Å². The molecule has 2 aromatic carbocycles. The van der Waals surface area contributed by atoms with E-state index in [1.54, 1.807) is 12.3 Å². The maximum Gasteiger partial charge on any atom is 0.328 e. The highest BCUT2D eigenvalue weighted by Crippen LogP contribution is 2.44. The number of carbonyl (C=O) groups excluding carboxylic acids is 2. The third-order valence-corrected chi connectivity index (χ3v) is 5.37. The van der Waals surface area contributed by atoms with Crippen molar-refractivity contribution in [2.24, 2.45) is 0 Å². The minimum absolute atomic E-state index is 0.214. The summed E-state index contributed by atoms with van der Waals surface area (Å²) in [5.74, 6) is -0.836. The van der Waals surface area contributed by atoms with Crippen molar-refractivity contribution in [2.45, 2.75) is 18.4 Å². The van der Waals surface area contributed by atoms with Gasteiger partial charge in [0, 0.05) is 18.2 Å². The number of pyridine rings is 1. The number of methoxy groups -OCH3 is 2. The lowest BCUT2D eigenvalue weighted by Gasteiger charge is -2.21. The zero-order valence-corrected chi connectivity index (χ0v) is 16.8. The Hall–Kier alpha value is -3.67. The van der Waals surface area contributed by atoms with Crippen molar-refractivity contribution in [3.63, 3.8) is 0 Å². The number of nitrogens with one attached hydrogen (secondary N) is 1. The minimum Gasteiger partial charge on any atom is -0.481 e. The maximum atomic E-state index is 13.4. The van der Waals surface area contributed by atoms with Crippen molar-refractivity contribution >= 4 is 11.9 Å². The van der Waals surface area contributed by atoms with Crippen LogP contribution in [0.25, 0.3) is 11.1 Å². The number of amides is 1. The van der Waals surface area contributed by atoms with Gasteiger partial charge in [0.25, 0.3) is 0 Å². The van der Waals surface area contributed by atoms with Gasteiger partial charge in [0.15, 0.2) is 0 Å². The number of esters is 1. The van der Waals surface area contributed by atoms with Gasteiger partial charge in [-0.15, -0.1) is 0 Å². The summed E-state index contributed by atoms with van der Waals surface area (Å²) in [6.45, 7) is 0. The molecule has 6 nitrogen and oxygen atoms in total. The van der Waals surface area contributed by atoms with Crippen molar-refractivity contribution in [2.75, 3.05) is 14.2 Å². The molecule has 1 aliphatic carbocycles. The van der Waals surface area contributed by atoms with E-state index in [1.165, 1.54) is 14.2 Å². The summed E-state index contributed by atoms with van der Waals surface area (Å²) in [5, 5.41) is 2.89. The number of hydrogen-bond donors (Lipinski definition) is 1. The Kier molecular flexibility index (Phi) is 5.48. The number of carbonyl (C=O) groups is 2. The molecule has 6 heteroatoms. The standard InChI is InChI=1S/C24H22N2O4/c1-29-23-15(8-7-13-25-23)14-20(24(28)30-2)26-22(27)21-18-11-5-3-9-16(18)17-10-4-6-12-19(17)21/h3-13,20-21H,14H2,1-2H3,(H,26,27)/t20-/m0/s1. The highest BCUT2D eigenvalue weighted by Gasteiger charge is 2.35. The number of ether oxygens (including phenoxy) is 2. The Morgan fingerprint density at radius 2 is 1.60 bits per heavy atom. The van der Waals surface area contributed by atoms with Crippen LogP contribution in [0.3, 0.4) is 0 Å². The third-order valence-electron chi connectivity index (χ3n) is 5.37. The molecule has 1 aromatic heterocycles. The monoisotopic (exact) mass is 402 g/mol. The molecule has 3 aromatic rings. The van der Waals surface area contributed by atoms with Crippen LogP contribution < -0.4 is 10.1 Å². The summed E-state index contributed by atoms with van der Waals surface area (Å²) in [6, 6.07) is 18.4. The summed E-state index contributed by atoms with van der Waals surface area (Å²) < 4.78 is 10.2. The fourth-order valence-corrected chi connectivity index (χ4v) is 4.01. The molecule has 1 N–H and O–H groups in total. The second kappa shape index (κ2) is 8.37. The average molecular weight is 402 g/mol. The molecule has 0 saturated heterocycles. The molecular formula is C24H22N2O4. The quantitative estimate of drug-likeness (QED) is 0.641. The Morgan fingerprint density at radius 1 is 0.967 bits per heavy atom. The molecule has 0 radical (unpaired) electrons. The van der Waals surface area contributed by atoms with E-state index in [0.29, 0.717) is 11.4 Å². The van der Waals surface area contributed by atoms with Gasteiger partial charge in [0.1, 0.15) is 6.04 Å². The summed E-state index contributed by atoms with van der Waals surface area (Å²) in [5.41, 5.74) is 4.65. The van der Waals surface area contributed by atoms with E-state index in [1.807, 2.05) is 54.6 Å². The first-order valence-electron chi connectivity index (χ1n) is 9.68. The predicted molar refractivity (Wildman–Crippen MR) is 112 cm³/mol. The maximum absolute atomic E-state index is 13.4. The molecule has 4 rings (SSSR count). The topological polar surface area (TPSA) is 77.5 Å². The minimum atomic E-state index is -0.861. The van der Waals surface area contributed by atoms with Gasteiger partial charge in [-0.05, 0) is 28.3 Å². The van der Waals surface area contributed by atoms with E-state index in [0.717, 1.165) is 22.3 Å². The molecule has 0 saturated carbocycles. The molecule has 1 amide bonds. The van der Waals surface area contributed by atoms with E-state index < -0.39 is 17.9 Å². The Balaban J connectivity index is 1.64. The smallest absolute Gasteiger partial charge is 0.328 e. The number of benzene rings is 2. The van der Waals surface area contributed by atoms with Crippen LogP contribution in [0.15, 0.2) is 66.9 Å². The van der Waals surface area contributed by atoms with Gasteiger partial charge in [-0.1, -0.05) is 54.6 Å². The van der Waals surface area contributed by atoms with Crippen molar-refractivity contribution in [1.29, 1.82) is 0 Å². The lowest BCUT2D eigenvalue weighted by molar-refractivity contribution is -0.145. The normalized spacial score (nSPS) is 13.1. The van der Waals surface area contributed by atoms with Crippen LogP contribution in [0, 0.1) is 0 Å². The van der Waals surface area contributed by atoms with Crippen LogP contribution in [0.5, 0.6) is 5.88 Å². The summed E-state index contributed by atoms with van der Waals surface area (Å²) in [7, 11) is 2.83. The fraction of sp³-hybridized carbons (Fsp3) is 0.208. The highest BCUT2D eigenvalue weighted by atomic mass is 16.5. The van der Waals surface area contributed by atoms with E-state index in [-0.39, 0.29) is 12.3 Å². The fourth-order valence-electron chi connectivity index (χ4n) is 4.01. The average Bonchev–Trinajstić information content (AvgIpc) is 3.13. The predicted octanol–water partition coefficient (Wildman–Crippen LogP) is 3.10. The first-order valence-corrected chi connectivity index (χ1v) is 9.68. The second-order valence-electron chi connectivity index (χ2n) is 7.07. The van der Waals surface area contributed by atoms with E-state index in [9.17, 15) is 9.59 Å². The van der Waals surface area contributed by atoms with Crippen LogP contribution in [-0.2, 0) is 20.7 Å². The van der Waals surface area contributed by atoms with Crippen molar-refractivity contribution in [1.82, 2.24) is 10.3 Å². The molecule has 0 aliphatic heterocycles. The van der Waals surface area contributed by atoms with Gasteiger partial charge in [0.05, 0.1) is 20.1 Å². The number of nitrogens with zero attached hydrogens (tertiary/aromatic N) is 1. The largest absolute Gasteiger partial charge is 0.481 e. The summed E-state index contributed by atoms with van der Waals surface area (Å²) in [6.07, 6.45) is 1.83. The molecule has 0 spiro atoms. The van der Waals surface area contributed by atoms with Gasteiger partial charge in [-0.25, -0.2) is 9.78 Å². The molecule has 1 atom stereocenters. The van der Waals surface area contributed by atoms with Gasteiger partial charge in [-0.2, -0.15) is 0 Å². The van der Waals surface area contributed by atoms with Crippen LogP contribution in [0.1, 0.15) is 22.6 Å². The van der Waals surface area contributed by atoms with E-state index >= 15 is 0 Å². The molecule has 0 bridgehead atoms. The number of rotatable bonds is 6. The summed E-state index contributed by atoms with van der Waals surface area (Å²) >= 11 is 0. The number of hydrogen-bond acceptors (Lipinski definition) is 5. The van der Waals surface area contributed by atoms with Crippen LogP contribution >= 0.6 is 0 Å². The molecule has 1 heterocycles. The molecule has 0 unspecified atom stereocenters. The molecule has 0 fully saturated rings. The first-order chi connectivity index (χ1) is 14.6. The Morgan fingerprint density at radius 3 is 2.20 bits per heavy atom. The summed E-state index contributed by atoms with van der Waals surface area (Å²) in [4.78, 5) is 30.0. The number of fused-ring (bicyclic) bond motifs is 3. The second-order valence-corrected chi connectivity index (χ2v) is 7.07. The van der Waals surface area contributed by atoms with Crippen molar-refractivity contribution < 1.29 is 19.1 Å². The van der Waals surface area contributed by atoms with Gasteiger partial charge >= 0.3 is 5.97 Å². The zero-order chi connectivity index (χ0) is 21.1. The van der Waals surface area contributed by atoms with Crippen molar-refractivity contribution in [3.05, 3.63) is 83.6 Å². The zero-order valence-electron chi connectivity index (χ0n) is 16.8. The van der Waals surface area contributed by atoms with Gasteiger partial charge < -0.3 is 14.8 Å². The van der Waals surface area contributed by atoms with Gasteiger partial charge in [-0.3, -0.25) is 4.79 Å².